The Hall–Kier alpha value is -2.64. The maximum atomic E-state index is 13.5. The van der Waals surface area contributed by atoms with E-state index in [0.717, 1.165) is 25.7 Å². The third kappa shape index (κ3) is 5.93. The normalized spacial score (nSPS) is 19.9. The molecule has 3 rings (SSSR count). The summed E-state index contributed by atoms with van der Waals surface area (Å²) in [6, 6.07) is 2.06. The number of thiocarbonyl (C=S) groups is 1. The molecule has 2 fully saturated rings. The van der Waals surface area contributed by atoms with E-state index in [9.17, 15) is 19.6 Å². The zero-order chi connectivity index (χ0) is 27.3. The van der Waals surface area contributed by atoms with E-state index in [2.05, 4.69) is 11.0 Å². The number of carbonyl (C=O) groups excluding carboxylic acids is 2. The van der Waals surface area contributed by atoms with Gasteiger partial charge in [-0.05, 0) is 58.1 Å². The summed E-state index contributed by atoms with van der Waals surface area (Å²) < 4.78 is 7.46. The van der Waals surface area contributed by atoms with E-state index in [1.54, 1.807) is 29.4 Å². The van der Waals surface area contributed by atoms with Gasteiger partial charge in [-0.25, -0.2) is 0 Å². The minimum atomic E-state index is -0.342. The Labute approximate surface area is 228 Å². The number of nitrogens with zero attached hydrogens (tertiary/aromatic N) is 4. The van der Waals surface area contributed by atoms with Crippen LogP contribution < -0.4 is 10.5 Å². The van der Waals surface area contributed by atoms with Crippen molar-refractivity contribution in [2.45, 2.75) is 79.3 Å². The van der Waals surface area contributed by atoms with Crippen molar-refractivity contribution in [2.24, 2.45) is 5.92 Å². The second-order valence-corrected chi connectivity index (χ2v) is 11.2. The lowest BCUT2D eigenvalue weighted by molar-refractivity contribution is -0.148. The van der Waals surface area contributed by atoms with Crippen molar-refractivity contribution in [3.63, 3.8) is 0 Å². The first-order valence-electron chi connectivity index (χ1n) is 13.1. The van der Waals surface area contributed by atoms with Crippen LogP contribution in [0.1, 0.15) is 76.5 Å². The zero-order valence-corrected chi connectivity index (χ0v) is 24.0. The molecule has 0 aromatic carbocycles. The number of hydrogen-bond donors (Lipinski definition) is 0. The average Bonchev–Trinajstić information content (AvgIpc) is 3.17. The molecule has 1 aromatic rings. The van der Waals surface area contributed by atoms with Gasteiger partial charge in [-0.3, -0.25) is 23.9 Å². The number of anilines is 1. The number of esters is 1. The fourth-order valence-electron chi connectivity index (χ4n) is 4.80. The lowest BCUT2D eigenvalue weighted by Crippen LogP contribution is -2.43. The van der Waals surface area contributed by atoms with E-state index in [1.807, 2.05) is 20.8 Å². The highest BCUT2D eigenvalue weighted by molar-refractivity contribution is 8.26. The van der Waals surface area contributed by atoms with Gasteiger partial charge >= 0.3 is 5.97 Å². The van der Waals surface area contributed by atoms with E-state index in [0.29, 0.717) is 58.8 Å². The number of carbonyl (C=O) groups is 2. The van der Waals surface area contributed by atoms with E-state index in [1.165, 1.54) is 11.8 Å². The SMILES string of the molecule is CCCCn1c(N2CCCC(C(=O)OCC)C2)c(/C=C2\SC(=S)N(C(C)CC)C2=O)c(C)c(C#N)c1=O. The average molecular weight is 545 g/mol. The maximum absolute atomic E-state index is 13.5. The Bertz CT molecular complexity index is 1200. The second-order valence-electron chi connectivity index (χ2n) is 9.51. The molecule has 0 aliphatic carbocycles. The number of unbranched alkanes of at least 4 members (excludes halogenated alkanes) is 1. The topological polar surface area (TPSA) is 95.6 Å². The number of ether oxygens (including phenoxy) is 1. The Morgan fingerprint density at radius 2 is 2.05 bits per heavy atom. The third-order valence-corrected chi connectivity index (χ3v) is 8.38. The van der Waals surface area contributed by atoms with Crippen molar-refractivity contribution in [3.8, 4) is 6.07 Å². The van der Waals surface area contributed by atoms with Crippen LogP contribution in [-0.4, -0.2) is 51.4 Å². The monoisotopic (exact) mass is 544 g/mol. The van der Waals surface area contributed by atoms with Gasteiger partial charge in [0.1, 0.15) is 21.8 Å². The van der Waals surface area contributed by atoms with Gasteiger partial charge in [-0.2, -0.15) is 5.26 Å². The fraction of sp³-hybridized carbons (Fsp3) is 0.593. The lowest BCUT2D eigenvalue weighted by atomic mass is 9.96. The smallest absolute Gasteiger partial charge is 0.310 e. The van der Waals surface area contributed by atoms with Crippen LogP contribution in [0.4, 0.5) is 5.82 Å². The van der Waals surface area contributed by atoms with Crippen molar-refractivity contribution in [2.75, 3.05) is 24.6 Å². The third-order valence-electron chi connectivity index (χ3n) is 7.05. The first-order valence-corrected chi connectivity index (χ1v) is 14.3. The molecule has 2 aliphatic heterocycles. The van der Waals surface area contributed by atoms with Crippen LogP contribution in [0.3, 0.4) is 0 Å². The Balaban J connectivity index is 2.22. The molecule has 1 amide bonds. The molecule has 8 nitrogen and oxygen atoms in total. The molecule has 1 aromatic heterocycles. The zero-order valence-electron chi connectivity index (χ0n) is 22.3. The van der Waals surface area contributed by atoms with Crippen molar-refractivity contribution in [1.29, 1.82) is 5.26 Å². The molecule has 0 N–H and O–H groups in total. The highest BCUT2D eigenvalue weighted by atomic mass is 32.2. The van der Waals surface area contributed by atoms with Gasteiger partial charge in [0.25, 0.3) is 11.5 Å². The summed E-state index contributed by atoms with van der Waals surface area (Å²) in [7, 11) is 0. The quantitative estimate of drug-likeness (QED) is 0.253. The van der Waals surface area contributed by atoms with Crippen LogP contribution in [0.15, 0.2) is 9.70 Å². The number of aromatic nitrogens is 1. The van der Waals surface area contributed by atoms with E-state index < -0.39 is 0 Å². The van der Waals surface area contributed by atoms with Crippen LogP contribution in [0.25, 0.3) is 6.08 Å². The largest absolute Gasteiger partial charge is 0.466 e. The number of piperidine rings is 1. The van der Waals surface area contributed by atoms with Crippen LogP contribution in [0.5, 0.6) is 0 Å². The predicted octanol–water partition coefficient (Wildman–Crippen LogP) is 4.61. The molecule has 0 spiro atoms. The molecule has 3 heterocycles. The Morgan fingerprint density at radius 1 is 1.32 bits per heavy atom. The van der Waals surface area contributed by atoms with Gasteiger partial charge in [0.05, 0.1) is 17.4 Å². The van der Waals surface area contributed by atoms with Gasteiger partial charge in [-0.1, -0.05) is 44.2 Å². The molecule has 0 saturated carbocycles. The summed E-state index contributed by atoms with van der Waals surface area (Å²) in [5.74, 6) is -0.0628. The van der Waals surface area contributed by atoms with Crippen molar-refractivity contribution < 1.29 is 14.3 Å². The summed E-state index contributed by atoms with van der Waals surface area (Å²) in [5, 5.41) is 9.89. The van der Waals surface area contributed by atoms with Gasteiger partial charge < -0.3 is 9.64 Å². The number of hydrogen-bond acceptors (Lipinski definition) is 8. The highest BCUT2D eigenvalue weighted by Crippen LogP contribution is 2.38. The number of amides is 1. The lowest BCUT2D eigenvalue weighted by Gasteiger charge is -2.36. The van der Waals surface area contributed by atoms with Gasteiger partial charge in [0, 0.05) is 31.2 Å². The van der Waals surface area contributed by atoms with Crippen LogP contribution in [0, 0.1) is 24.2 Å². The molecule has 37 heavy (non-hydrogen) atoms. The first-order chi connectivity index (χ1) is 17.7. The highest BCUT2D eigenvalue weighted by Gasteiger charge is 2.36. The standard InChI is InChI=1S/C27H36N4O4S2/c1-6-9-13-30-23(29-12-10-11-19(16-29)26(34)35-8-3)20(18(5)21(15-28)24(30)32)14-22-25(33)31(17(4)7-2)27(36)37-22/h14,17,19H,6-13,16H2,1-5H3/b22-14-. The molecular formula is C27H36N4O4S2. The van der Waals surface area contributed by atoms with Crippen molar-refractivity contribution >= 4 is 52.1 Å². The minimum absolute atomic E-state index is 0.0282. The van der Waals surface area contributed by atoms with Gasteiger partial charge in [0.2, 0.25) is 0 Å². The summed E-state index contributed by atoms with van der Waals surface area (Å²) in [4.78, 5) is 43.6. The molecule has 0 bridgehead atoms. The molecule has 2 atom stereocenters. The van der Waals surface area contributed by atoms with Crippen molar-refractivity contribution in [1.82, 2.24) is 9.47 Å². The summed E-state index contributed by atoms with van der Waals surface area (Å²) in [6.45, 7) is 11.4. The number of pyridine rings is 1. The van der Waals surface area contributed by atoms with Crippen LogP contribution in [0.2, 0.25) is 0 Å². The molecule has 2 aliphatic rings. The van der Waals surface area contributed by atoms with E-state index >= 15 is 0 Å². The fourth-order valence-corrected chi connectivity index (χ4v) is 6.25. The number of thioether (sulfide) groups is 1. The number of rotatable bonds is 9. The molecule has 10 heteroatoms. The van der Waals surface area contributed by atoms with Crippen LogP contribution >= 0.6 is 24.0 Å². The van der Waals surface area contributed by atoms with E-state index in [-0.39, 0.29) is 35.0 Å². The Kier molecular flexibility index (Phi) is 9.96. The number of nitriles is 1. The van der Waals surface area contributed by atoms with Crippen molar-refractivity contribution in [3.05, 3.63) is 31.9 Å². The Morgan fingerprint density at radius 3 is 2.68 bits per heavy atom. The van der Waals surface area contributed by atoms with Crippen LogP contribution in [-0.2, 0) is 20.9 Å². The maximum Gasteiger partial charge on any atom is 0.310 e. The summed E-state index contributed by atoms with van der Waals surface area (Å²) >= 11 is 6.77. The molecule has 0 radical (unpaired) electrons. The molecule has 200 valence electrons. The minimum Gasteiger partial charge on any atom is -0.466 e. The molecule has 2 unspecified atom stereocenters. The molecular weight excluding hydrogens is 508 g/mol. The first kappa shape index (κ1) is 28.9. The second kappa shape index (κ2) is 12.7. The van der Waals surface area contributed by atoms with E-state index in [4.69, 9.17) is 17.0 Å². The van der Waals surface area contributed by atoms with Gasteiger partial charge in [-0.15, -0.1) is 0 Å². The summed E-state index contributed by atoms with van der Waals surface area (Å²) in [5.41, 5.74) is 0.914. The van der Waals surface area contributed by atoms with Gasteiger partial charge in [0.15, 0.2) is 0 Å². The molecule has 2 saturated heterocycles. The predicted molar refractivity (Wildman–Crippen MR) is 151 cm³/mol. The summed E-state index contributed by atoms with van der Waals surface area (Å²) in [6.07, 6.45) is 5.66.